The molecule has 0 fully saturated rings. The van der Waals surface area contributed by atoms with Gasteiger partial charge in [0.05, 0.1) is 18.3 Å². The van der Waals surface area contributed by atoms with Crippen molar-refractivity contribution in [1.29, 1.82) is 0 Å². The Morgan fingerprint density at radius 1 is 1.03 bits per heavy atom. The van der Waals surface area contributed by atoms with Crippen LogP contribution in [0, 0.1) is 6.92 Å². The highest BCUT2D eigenvalue weighted by atomic mass is 35.5. The van der Waals surface area contributed by atoms with Crippen molar-refractivity contribution in [2.24, 2.45) is 0 Å². The van der Waals surface area contributed by atoms with E-state index < -0.39 is 0 Å². The number of halogens is 1. The van der Waals surface area contributed by atoms with Gasteiger partial charge in [-0.25, -0.2) is 4.79 Å². The molecule has 0 saturated heterocycles. The second-order valence-electron chi connectivity index (χ2n) is 8.45. The van der Waals surface area contributed by atoms with Crippen LogP contribution in [0.1, 0.15) is 40.9 Å². The topological polar surface area (TPSA) is 37.3 Å². The highest BCUT2D eigenvalue weighted by Crippen LogP contribution is 2.37. The van der Waals surface area contributed by atoms with Crippen molar-refractivity contribution in [3.8, 4) is 5.69 Å². The van der Waals surface area contributed by atoms with E-state index in [0.717, 1.165) is 40.2 Å². The van der Waals surface area contributed by atoms with Crippen LogP contribution in [0.2, 0.25) is 5.02 Å². The van der Waals surface area contributed by atoms with Crippen molar-refractivity contribution in [2.45, 2.75) is 32.9 Å². The summed E-state index contributed by atoms with van der Waals surface area (Å²) in [6, 6.07) is 26.1. The minimum atomic E-state index is -0.238. The van der Waals surface area contributed by atoms with Gasteiger partial charge in [-0.05, 0) is 65.9 Å². The number of amides is 2. The molecule has 5 rings (SSSR count). The lowest BCUT2D eigenvalue weighted by atomic mass is 10.00. The first-order chi connectivity index (χ1) is 16.0. The Bertz CT molecular complexity index is 1310. The average Bonchev–Trinajstić information content (AvgIpc) is 3.26. The van der Waals surface area contributed by atoms with E-state index in [1.54, 1.807) is 6.07 Å². The van der Waals surface area contributed by atoms with Crippen molar-refractivity contribution in [3.63, 3.8) is 0 Å². The first kappa shape index (κ1) is 21.4. The number of benzene rings is 3. The maximum atomic E-state index is 13.8. The van der Waals surface area contributed by atoms with Crippen LogP contribution in [0.4, 0.5) is 10.5 Å². The molecular formula is C28H26ClN3O. The molecular weight excluding hydrogens is 430 g/mol. The zero-order chi connectivity index (χ0) is 22.9. The number of carbonyl (C=O) groups is 1. The summed E-state index contributed by atoms with van der Waals surface area (Å²) in [6.45, 7) is 4.61. The number of nitrogens with zero attached hydrogens (tertiary/aromatic N) is 2. The summed E-state index contributed by atoms with van der Waals surface area (Å²) < 4.78 is 2.20. The van der Waals surface area contributed by atoms with E-state index in [9.17, 15) is 4.79 Å². The third-order valence-corrected chi connectivity index (χ3v) is 6.60. The molecule has 0 saturated carbocycles. The quantitative estimate of drug-likeness (QED) is 0.350. The average molecular weight is 456 g/mol. The Morgan fingerprint density at radius 2 is 1.82 bits per heavy atom. The molecule has 0 bridgehead atoms. The van der Waals surface area contributed by atoms with Gasteiger partial charge in [-0.2, -0.15) is 0 Å². The number of urea groups is 1. The number of anilines is 1. The lowest BCUT2D eigenvalue weighted by molar-refractivity contribution is 0.194. The van der Waals surface area contributed by atoms with Crippen LogP contribution < -0.4 is 5.32 Å². The fourth-order valence-electron chi connectivity index (χ4n) is 4.54. The molecule has 1 atom stereocenters. The molecule has 1 aliphatic heterocycles. The summed E-state index contributed by atoms with van der Waals surface area (Å²) >= 11 is 6.22. The van der Waals surface area contributed by atoms with Crippen LogP contribution in [0.15, 0.2) is 85.1 Å². The number of hydrogen-bond donors (Lipinski definition) is 1. The van der Waals surface area contributed by atoms with Crippen LogP contribution in [0.3, 0.4) is 0 Å². The van der Waals surface area contributed by atoms with Gasteiger partial charge in [0, 0.05) is 22.6 Å². The predicted octanol–water partition coefficient (Wildman–Crippen LogP) is 7.14. The number of rotatable bonds is 3. The normalized spacial score (nSPS) is 14.9. The molecule has 2 heterocycles. The van der Waals surface area contributed by atoms with Crippen LogP contribution in [-0.4, -0.2) is 15.5 Å². The maximum Gasteiger partial charge on any atom is 0.322 e. The summed E-state index contributed by atoms with van der Waals surface area (Å²) in [7, 11) is 0. The molecule has 0 radical (unpaired) electrons. The molecule has 1 N–H and O–H groups in total. The van der Waals surface area contributed by atoms with E-state index in [0.29, 0.717) is 11.6 Å². The molecule has 5 heteroatoms. The van der Waals surface area contributed by atoms with E-state index in [1.807, 2.05) is 42.2 Å². The highest BCUT2D eigenvalue weighted by molar-refractivity contribution is 6.31. The molecule has 166 valence electrons. The van der Waals surface area contributed by atoms with Crippen molar-refractivity contribution >= 4 is 23.3 Å². The van der Waals surface area contributed by atoms with Gasteiger partial charge in [-0.1, -0.05) is 67.1 Å². The Morgan fingerprint density at radius 3 is 2.61 bits per heavy atom. The molecule has 0 unspecified atom stereocenters. The van der Waals surface area contributed by atoms with Crippen molar-refractivity contribution in [1.82, 2.24) is 9.47 Å². The molecule has 3 aromatic carbocycles. The van der Waals surface area contributed by atoms with Gasteiger partial charge < -0.3 is 14.8 Å². The Kier molecular flexibility index (Phi) is 5.69. The van der Waals surface area contributed by atoms with Gasteiger partial charge in [0.25, 0.3) is 0 Å². The number of aromatic nitrogens is 1. The standard InChI is InChI=1S/C28H26ClN3O/c1-3-20-11-13-21(14-12-20)27-26-9-6-16-31(26)25-8-5-4-7-22(25)18-32(27)28(33)30-24-17-23(29)15-10-19(24)2/h4-17,27H,3,18H2,1-2H3,(H,30,33)/t27-/m0/s1. The monoisotopic (exact) mass is 455 g/mol. The zero-order valence-electron chi connectivity index (χ0n) is 18.8. The summed E-state index contributed by atoms with van der Waals surface area (Å²) in [5.74, 6) is 0. The molecule has 1 aromatic heterocycles. The number of nitrogens with one attached hydrogen (secondary N) is 1. The SMILES string of the molecule is CCc1ccc([C@H]2c3cccn3-c3ccccc3CN2C(=O)Nc2cc(Cl)ccc2C)cc1. The zero-order valence-corrected chi connectivity index (χ0v) is 19.5. The van der Waals surface area contributed by atoms with Crippen LogP contribution >= 0.6 is 11.6 Å². The Balaban J connectivity index is 1.63. The molecule has 4 aromatic rings. The fourth-order valence-corrected chi connectivity index (χ4v) is 4.71. The summed E-state index contributed by atoms with van der Waals surface area (Å²) in [5.41, 5.74) is 7.30. The van der Waals surface area contributed by atoms with Crippen molar-refractivity contribution < 1.29 is 4.79 Å². The van der Waals surface area contributed by atoms with Crippen LogP contribution in [0.5, 0.6) is 0 Å². The van der Waals surface area contributed by atoms with Crippen LogP contribution in [-0.2, 0) is 13.0 Å². The molecule has 4 nitrogen and oxygen atoms in total. The van der Waals surface area contributed by atoms with Gasteiger partial charge in [-0.3, -0.25) is 0 Å². The van der Waals surface area contributed by atoms with E-state index in [-0.39, 0.29) is 12.1 Å². The Labute approximate surface area is 199 Å². The minimum Gasteiger partial charge on any atom is -0.318 e. The third-order valence-electron chi connectivity index (χ3n) is 6.37. The minimum absolute atomic E-state index is 0.158. The lowest BCUT2D eigenvalue weighted by Gasteiger charge is -2.31. The number of para-hydroxylation sites is 1. The second kappa shape index (κ2) is 8.80. The second-order valence-corrected chi connectivity index (χ2v) is 8.88. The summed E-state index contributed by atoms with van der Waals surface area (Å²) in [6.07, 6.45) is 3.05. The predicted molar refractivity (Wildman–Crippen MR) is 134 cm³/mol. The number of aryl methyl sites for hydroxylation is 2. The molecule has 2 amide bonds. The number of hydrogen-bond acceptors (Lipinski definition) is 1. The maximum absolute atomic E-state index is 13.8. The van der Waals surface area contributed by atoms with Gasteiger partial charge in [-0.15, -0.1) is 0 Å². The summed E-state index contributed by atoms with van der Waals surface area (Å²) in [5, 5.41) is 3.71. The highest BCUT2D eigenvalue weighted by Gasteiger charge is 2.33. The molecule has 0 aliphatic carbocycles. The summed E-state index contributed by atoms with van der Waals surface area (Å²) in [4.78, 5) is 15.7. The van der Waals surface area contributed by atoms with E-state index in [1.165, 1.54) is 5.56 Å². The molecule has 1 aliphatic rings. The van der Waals surface area contributed by atoms with Gasteiger partial charge in [0.1, 0.15) is 0 Å². The van der Waals surface area contributed by atoms with Crippen molar-refractivity contribution in [3.05, 3.63) is 118 Å². The first-order valence-electron chi connectivity index (χ1n) is 11.2. The van der Waals surface area contributed by atoms with Gasteiger partial charge in [0.15, 0.2) is 0 Å². The smallest absolute Gasteiger partial charge is 0.318 e. The van der Waals surface area contributed by atoms with E-state index >= 15 is 0 Å². The molecule has 0 spiro atoms. The largest absolute Gasteiger partial charge is 0.322 e. The fraction of sp³-hybridized carbons (Fsp3) is 0.179. The van der Waals surface area contributed by atoms with Gasteiger partial charge in [0.2, 0.25) is 0 Å². The van der Waals surface area contributed by atoms with E-state index in [2.05, 4.69) is 65.5 Å². The van der Waals surface area contributed by atoms with Crippen molar-refractivity contribution in [2.75, 3.05) is 5.32 Å². The number of fused-ring (bicyclic) bond motifs is 3. The molecule has 33 heavy (non-hydrogen) atoms. The third kappa shape index (κ3) is 4.03. The van der Waals surface area contributed by atoms with E-state index in [4.69, 9.17) is 11.6 Å². The first-order valence-corrected chi connectivity index (χ1v) is 11.6. The van der Waals surface area contributed by atoms with Crippen LogP contribution in [0.25, 0.3) is 5.69 Å². The van der Waals surface area contributed by atoms with Gasteiger partial charge >= 0.3 is 6.03 Å². The lowest BCUT2D eigenvalue weighted by Crippen LogP contribution is -2.38. The Hall–Kier alpha value is -3.50. The number of carbonyl (C=O) groups excluding carboxylic acids is 1.